The van der Waals surface area contributed by atoms with Crippen molar-refractivity contribution in [2.75, 3.05) is 26.9 Å². The van der Waals surface area contributed by atoms with Gasteiger partial charge < -0.3 is 14.2 Å². The molecule has 0 radical (unpaired) electrons. The molecule has 1 aromatic carbocycles. The summed E-state index contributed by atoms with van der Waals surface area (Å²) in [5.41, 5.74) is 0.738. The van der Waals surface area contributed by atoms with Crippen LogP contribution in [-0.4, -0.2) is 53.4 Å². The Morgan fingerprint density at radius 2 is 1.85 bits per heavy atom. The average molecular weight is 437 g/mol. The van der Waals surface area contributed by atoms with E-state index in [1.165, 1.54) is 13.2 Å². The highest BCUT2D eigenvalue weighted by Crippen LogP contribution is 2.38. The quantitative estimate of drug-likeness (QED) is 0.483. The summed E-state index contributed by atoms with van der Waals surface area (Å²) in [7, 11) is 1.23. The van der Waals surface area contributed by atoms with Crippen molar-refractivity contribution in [2.24, 2.45) is 0 Å². The van der Waals surface area contributed by atoms with E-state index in [0.29, 0.717) is 5.56 Å². The molecule has 7 nitrogen and oxygen atoms in total. The number of carbonyl (C=O) groups is 3. The Hall–Kier alpha value is -1.96. The van der Waals surface area contributed by atoms with Crippen LogP contribution in [0.5, 0.6) is 0 Å². The van der Waals surface area contributed by atoms with Gasteiger partial charge in [0.1, 0.15) is 18.8 Å². The highest BCUT2D eigenvalue weighted by molar-refractivity contribution is 6.67. The van der Waals surface area contributed by atoms with E-state index in [4.69, 9.17) is 49.0 Å². The molecule has 0 N–H and O–H groups in total. The second-order valence-electron chi connectivity index (χ2n) is 5.32. The van der Waals surface area contributed by atoms with E-state index in [1.807, 2.05) is 0 Å². The minimum atomic E-state index is -1.75. The van der Waals surface area contributed by atoms with Gasteiger partial charge in [-0.1, -0.05) is 53.0 Å². The summed E-state index contributed by atoms with van der Waals surface area (Å²) in [4.78, 5) is 37.5. The molecule has 0 spiro atoms. The van der Waals surface area contributed by atoms with Crippen molar-refractivity contribution in [3.63, 3.8) is 0 Å². The minimum absolute atomic E-state index is 0.123. The fourth-order valence-electron chi connectivity index (χ4n) is 2.41. The van der Waals surface area contributed by atoms with Crippen LogP contribution in [0, 0.1) is 0 Å². The molecular formula is C17H16Cl3NO6. The third-order valence-corrected chi connectivity index (χ3v) is 3.81. The van der Waals surface area contributed by atoms with Crippen LogP contribution in [0.1, 0.15) is 22.8 Å². The van der Waals surface area contributed by atoms with Crippen molar-refractivity contribution in [2.45, 2.75) is 10.7 Å². The number of halogens is 3. The molecular weight excluding hydrogens is 421 g/mol. The van der Waals surface area contributed by atoms with E-state index >= 15 is 0 Å². The highest BCUT2D eigenvalue weighted by atomic mass is 35.6. The number of benzene rings is 1. The van der Waals surface area contributed by atoms with Gasteiger partial charge in [0.05, 0.1) is 19.3 Å². The summed E-state index contributed by atoms with van der Waals surface area (Å²) >= 11 is 17.0. The SMILES string of the molecule is CCOC(=O)CN1C(=O)C(OCC(Cl)(Cl)Cl)=C1c1ccccc1C(=O)OC. The largest absolute Gasteiger partial charge is 0.482 e. The Balaban J connectivity index is 2.46. The average Bonchev–Trinajstić information content (AvgIpc) is 2.62. The molecule has 0 atom stereocenters. The Morgan fingerprint density at radius 3 is 2.44 bits per heavy atom. The van der Waals surface area contributed by atoms with E-state index in [9.17, 15) is 14.4 Å². The molecule has 146 valence electrons. The van der Waals surface area contributed by atoms with E-state index in [2.05, 4.69) is 0 Å². The molecule has 0 fully saturated rings. The van der Waals surface area contributed by atoms with E-state index < -0.39 is 28.2 Å². The van der Waals surface area contributed by atoms with Crippen molar-refractivity contribution < 1.29 is 28.6 Å². The molecule has 1 heterocycles. The van der Waals surface area contributed by atoms with Crippen LogP contribution in [-0.2, 0) is 23.8 Å². The fourth-order valence-corrected chi connectivity index (χ4v) is 2.57. The Kier molecular flexibility index (Phi) is 6.97. The molecule has 0 saturated heterocycles. The smallest absolute Gasteiger partial charge is 0.338 e. The summed E-state index contributed by atoms with van der Waals surface area (Å²) in [6.45, 7) is 1.07. The molecule has 1 amide bonds. The minimum Gasteiger partial charge on any atom is -0.482 e. The normalized spacial score (nSPS) is 14.0. The predicted octanol–water partition coefficient (Wildman–Crippen LogP) is 2.93. The van der Waals surface area contributed by atoms with Gasteiger partial charge in [-0.15, -0.1) is 0 Å². The van der Waals surface area contributed by atoms with Crippen LogP contribution in [0.3, 0.4) is 0 Å². The maximum atomic E-state index is 12.4. The molecule has 0 unspecified atom stereocenters. The highest BCUT2D eigenvalue weighted by Gasteiger charge is 2.42. The first-order valence-corrected chi connectivity index (χ1v) is 8.92. The molecule has 0 aromatic heterocycles. The number of rotatable bonds is 7. The molecule has 1 aliphatic heterocycles. The lowest BCUT2D eigenvalue weighted by atomic mass is 9.97. The maximum absolute atomic E-state index is 12.4. The Labute approximate surface area is 170 Å². The van der Waals surface area contributed by atoms with Crippen molar-refractivity contribution in [3.05, 3.63) is 41.2 Å². The van der Waals surface area contributed by atoms with Crippen molar-refractivity contribution in [3.8, 4) is 0 Å². The van der Waals surface area contributed by atoms with Crippen LogP contribution in [0.25, 0.3) is 5.70 Å². The Bertz CT molecular complexity index is 787. The summed E-state index contributed by atoms with van der Waals surface area (Å²) in [6.07, 6.45) is 0. The number of ether oxygens (including phenoxy) is 3. The number of alkyl halides is 3. The van der Waals surface area contributed by atoms with Crippen LogP contribution >= 0.6 is 34.8 Å². The number of hydrogen-bond acceptors (Lipinski definition) is 6. The summed E-state index contributed by atoms with van der Waals surface area (Å²) in [5, 5.41) is 0. The first-order chi connectivity index (χ1) is 12.7. The number of methoxy groups -OCH3 is 1. The van der Waals surface area contributed by atoms with Crippen molar-refractivity contribution >= 4 is 58.3 Å². The number of amides is 1. The zero-order valence-corrected chi connectivity index (χ0v) is 16.7. The molecule has 0 saturated carbocycles. The van der Waals surface area contributed by atoms with Gasteiger partial charge in [-0.25, -0.2) is 4.79 Å². The molecule has 27 heavy (non-hydrogen) atoms. The van der Waals surface area contributed by atoms with Gasteiger partial charge in [-0.05, 0) is 13.0 Å². The van der Waals surface area contributed by atoms with Gasteiger partial charge in [-0.2, -0.15) is 0 Å². The van der Waals surface area contributed by atoms with E-state index in [1.54, 1.807) is 25.1 Å². The van der Waals surface area contributed by atoms with Gasteiger partial charge in [-0.3, -0.25) is 14.5 Å². The molecule has 0 bridgehead atoms. The number of carbonyl (C=O) groups excluding carboxylic acids is 3. The van der Waals surface area contributed by atoms with Gasteiger partial charge >= 0.3 is 11.9 Å². The lowest BCUT2D eigenvalue weighted by Crippen LogP contribution is -2.46. The van der Waals surface area contributed by atoms with Gasteiger partial charge in [0.25, 0.3) is 5.91 Å². The first-order valence-electron chi connectivity index (χ1n) is 7.78. The van der Waals surface area contributed by atoms with E-state index in [0.717, 1.165) is 4.90 Å². The van der Waals surface area contributed by atoms with E-state index in [-0.39, 0.29) is 30.2 Å². The van der Waals surface area contributed by atoms with Crippen LogP contribution < -0.4 is 0 Å². The molecule has 1 aliphatic rings. The standard InChI is InChI=1S/C17H16Cl3NO6/c1-3-26-12(22)8-21-13(14(15(21)23)27-9-17(18,19)20)10-6-4-5-7-11(10)16(24)25-2/h4-7H,3,8-9H2,1-2H3. The molecule has 10 heteroatoms. The van der Waals surface area contributed by atoms with Crippen molar-refractivity contribution in [1.29, 1.82) is 0 Å². The van der Waals surface area contributed by atoms with Crippen LogP contribution in [0.4, 0.5) is 0 Å². The molecule has 0 aliphatic carbocycles. The topological polar surface area (TPSA) is 82.1 Å². The fraction of sp³-hybridized carbons (Fsp3) is 0.353. The Morgan fingerprint density at radius 1 is 1.19 bits per heavy atom. The number of nitrogens with zero attached hydrogens (tertiary/aromatic N) is 1. The zero-order chi connectivity index (χ0) is 20.2. The van der Waals surface area contributed by atoms with Crippen LogP contribution in [0.2, 0.25) is 0 Å². The summed E-state index contributed by atoms with van der Waals surface area (Å²) in [6, 6.07) is 6.40. The second-order valence-corrected chi connectivity index (χ2v) is 7.83. The third-order valence-electron chi connectivity index (χ3n) is 3.48. The maximum Gasteiger partial charge on any atom is 0.338 e. The summed E-state index contributed by atoms with van der Waals surface area (Å²) < 4.78 is 13.2. The number of esters is 2. The predicted molar refractivity (Wildman–Crippen MR) is 99.3 cm³/mol. The lowest BCUT2D eigenvalue weighted by Gasteiger charge is -2.36. The summed E-state index contributed by atoms with van der Waals surface area (Å²) in [5.74, 6) is -1.94. The zero-order valence-electron chi connectivity index (χ0n) is 14.5. The number of hydrogen-bond donors (Lipinski definition) is 0. The van der Waals surface area contributed by atoms with Gasteiger partial charge in [0, 0.05) is 5.56 Å². The van der Waals surface area contributed by atoms with Crippen molar-refractivity contribution in [1.82, 2.24) is 4.90 Å². The molecule has 1 aromatic rings. The van der Waals surface area contributed by atoms with Gasteiger partial charge in [0.15, 0.2) is 0 Å². The molecule has 2 rings (SSSR count). The van der Waals surface area contributed by atoms with Gasteiger partial charge in [0.2, 0.25) is 9.55 Å². The second kappa shape index (κ2) is 8.82. The monoisotopic (exact) mass is 435 g/mol. The third kappa shape index (κ3) is 5.06. The first kappa shape index (κ1) is 21.3. The van der Waals surface area contributed by atoms with Crippen LogP contribution in [0.15, 0.2) is 30.0 Å². The lowest BCUT2D eigenvalue weighted by molar-refractivity contribution is -0.148.